The molecule has 0 amide bonds. The van der Waals surface area contributed by atoms with Crippen molar-refractivity contribution in [1.82, 2.24) is 0 Å². The summed E-state index contributed by atoms with van der Waals surface area (Å²) in [5, 5.41) is 10.5. The molecule has 0 spiro atoms. The zero-order valence-electron chi connectivity index (χ0n) is 15.1. The van der Waals surface area contributed by atoms with Crippen LogP contribution in [-0.2, 0) is 10.1 Å². The van der Waals surface area contributed by atoms with Crippen molar-refractivity contribution in [3.63, 3.8) is 0 Å². The van der Waals surface area contributed by atoms with E-state index >= 15 is 0 Å². The van der Waals surface area contributed by atoms with Crippen molar-refractivity contribution in [3.05, 3.63) is 54.6 Å². The van der Waals surface area contributed by atoms with Gasteiger partial charge < -0.3 is 14.2 Å². The molecule has 0 aliphatic rings. The molecule has 0 aliphatic heterocycles. The van der Waals surface area contributed by atoms with Crippen LogP contribution in [0.2, 0.25) is 0 Å². The summed E-state index contributed by atoms with van der Waals surface area (Å²) in [5.74, 6) is 0.157. The smallest absolute Gasteiger partial charge is 0.147 e. The van der Waals surface area contributed by atoms with E-state index in [4.69, 9.17) is 4.74 Å². The third-order valence-corrected chi connectivity index (χ3v) is 4.90. The first kappa shape index (κ1) is 18.8. The molecule has 0 N–H and O–H groups in total. The maximum absolute atomic E-state index is 11.2. The minimum absolute atomic E-state index is 0.157. The van der Waals surface area contributed by atoms with Gasteiger partial charge in [0.15, 0.2) is 0 Å². The molecule has 3 rings (SSSR count). The van der Waals surface area contributed by atoms with Gasteiger partial charge >= 0.3 is 0 Å². The molecule has 3 aromatic carbocycles. The minimum Gasteiger partial charge on any atom is -0.744 e. The van der Waals surface area contributed by atoms with Gasteiger partial charge in [-0.2, -0.15) is 0 Å². The average Bonchev–Trinajstić information content (AvgIpc) is 2.64. The molecular weight excluding hydrogens is 366 g/mol. The molecule has 3 aromatic rings. The Hall–Kier alpha value is -2.97. The number of fused-ring (bicyclic) bond motifs is 1. The molecule has 0 unspecified atom stereocenters. The second-order valence-electron chi connectivity index (χ2n) is 6.03. The molecule has 0 fully saturated rings. The van der Waals surface area contributed by atoms with E-state index in [1.807, 2.05) is 55.4 Å². The first-order valence-electron chi connectivity index (χ1n) is 8.06. The summed E-state index contributed by atoms with van der Waals surface area (Å²) in [4.78, 5) is 1.65. The number of benzene rings is 3. The Kier molecular flexibility index (Phi) is 5.11. The van der Waals surface area contributed by atoms with Gasteiger partial charge in [0.25, 0.3) is 0 Å². The maximum atomic E-state index is 11.2. The van der Waals surface area contributed by atoms with Crippen LogP contribution in [0.15, 0.2) is 69.7 Å². The van der Waals surface area contributed by atoms with Crippen LogP contribution >= 0.6 is 0 Å². The van der Waals surface area contributed by atoms with Crippen LogP contribution < -0.4 is 9.64 Å². The highest BCUT2D eigenvalue weighted by Gasteiger charge is 2.10. The average molecular weight is 384 g/mol. The number of ether oxygens (including phenoxy) is 1. The van der Waals surface area contributed by atoms with Crippen LogP contribution in [-0.4, -0.2) is 34.2 Å². The number of anilines is 1. The Balaban J connectivity index is 2.06. The van der Waals surface area contributed by atoms with E-state index in [0.717, 1.165) is 22.5 Å². The van der Waals surface area contributed by atoms with Gasteiger partial charge in [0, 0.05) is 30.6 Å². The largest absolute Gasteiger partial charge is 0.744 e. The zero-order chi connectivity index (χ0) is 19.6. The van der Waals surface area contributed by atoms with Crippen molar-refractivity contribution >= 4 is 38.0 Å². The molecule has 27 heavy (non-hydrogen) atoms. The lowest BCUT2D eigenvalue weighted by Crippen LogP contribution is -2.08. The van der Waals surface area contributed by atoms with Gasteiger partial charge in [-0.1, -0.05) is 24.3 Å². The molecule has 0 bridgehead atoms. The highest BCUT2D eigenvalue weighted by atomic mass is 32.2. The predicted molar refractivity (Wildman–Crippen MR) is 103 cm³/mol. The normalized spacial score (nSPS) is 11.9. The van der Waals surface area contributed by atoms with E-state index in [2.05, 4.69) is 10.2 Å². The highest BCUT2D eigenvalue weighted by Crippen LogP contribution is 2.36. The fourth-order valence-corrected chi connectivity index (χ4v) is 3.23. The van der Waals surface area contributed by atoms with Crippen LogP contribution in [0, 0.1) is 0 Å². The Labute approximate surface area is 157 Å². The lowest BCUT2D eigenvalue weighted by Gasteiger charge is -2.16. The number of nitrogens with zero attached hydrogens (tertiary/aromatic N) is 3. The second kappa shape index (κ2) is 7.34. The van der Waals surface area contributed by atoms with Crippen LogP contribution in [0.4, 0.5) is 17.1 Å². The van der Waals surface area contributed by atoms with Crippen molar-refractivity contribution in [2.45, 2.75) is 4.90 Å². The van der Waals surface area contributed by atoms with E-state index < -0.39 is 10.1 Å². The van der Waals surface area contributed by atoms with Gasteiger partial charge in [-0.3, -0.25) is 0 Å². The summed E-state index contributed by atoms with van der Waals surface area (Å²) in [5.41, 5.74) is 2.05. The van der Waals surface area contributed by atoms with Crippen molar-refractivity contribution in [2.24, 2.45) is 10.2 Å². The lowest BCUT2D eigenvalue weighted by molar-refractivity contribution is 0.413. The van der Waals surface area contributed by atoms with Gasteiger partial charge in [0.1, 0.15) is 21.6 Å². The summed E-state index contributed by atoms with van der Waals surface area (Å²) < 4.78 is 38.6. The van der Waals surface area contributed by atoms with Crippen LogP contribution in [0.25, 0.3) is 10.8 Å². The van der Waals surface area contributed by atoms with Crippen molar-refractivity contribution in [1.29, 1.82) is 0 Å². The summed E-state index contributed by atoms with van der Waals surface area (Å²) in [6.45, 7) is 0. The molecule has 0 heterocycles. The Morgan fingerprint density at radius 1 is 0.926 bits per heavy atom. The summed E-state index contributed by atoms with van der Waals surface area (Å²) in [7, 11) is 0.747. The van der Waals surface area contributed by atoms with Gasteiger partial charge in [0.05, 0.1) is 17.7 Å². The fraction of sp³-hybridized carbons (Fsp3) is 0.158. The van der Waals surface area contributed by atoms with Crippen molar-refractivity contribution in [3.8, 4) is 5.75 Å². The molecule has 0 aromatic heterocycles. The molecule has 8 heteroatoms. The number of methoxy groups -OCH3 is 1. The number of rotatable bonds is 5. The van der Waals surface area contributed by atoms with Crippen molar-refractivity contribution < 1.29 is 17.7 Å². The van der Waals surface area contributed by atoms with Gasteiger partial charge in [-0.05, 0) is 30.3 Å². The summed E-state index contributed by atoms with van der Waals surface area (Å²) in [6, 6.07) is 15.4. The van der Waals surface area contributed by atoms with Gasteiger partial charge in [-0.25, -0.2) is 8.42 Å². The fourth-order valence-electron chi connectivity index (χ4n) is 2.75. The van der Waals surface area contributed by atoms with E-state index in [0.29, 0.717) is 11.4 Å². The van der Waals surface area contributed by atoms with Crippen LogP contribution in [0.1, 0.15) is 0 Å². The number of hydrogen-bond donors (Lipinski definition) is 0. The molecule has 7 nitrogen and oxygen atoms in total. The van der Waals surface area contributed by atoms with Gasteiger partial charge in [0.2, 0.25) is 0 Å². The molecule has 0 radical (unpaired) electrons. The molecule has 0 saturated heterocycles. The first-order valence-corrected chi connectivity index (χ1v) is 9.47. The quantitative estimate of drug-likeness (QED) is 0.484. The number of azo groups is 1. The van der Waals surface area contributed by atoms with Crippen molar-refractivity contribution in [2.75, 3.05) is 26.1 Å². The Morgan fingerprint density at radius 2 is 1.56 bits per heavy atom. The summed E-state index contributed by atoms with van der Waals surface area (Å²) in [6.07, 6.45) is 0. The van der Waals surface area contributed by atoms with Crippen LogP contribution in [0.3, 0.4) is 0 Å². The molecular formula is C19H18N3O4S-. The first-order chi connectivity index (χ1) is 12.8. The molecule has 0 saturated carbocycles. The van der Waals surface area contributed by atoms with Gasteiger partial charge in [-0.15, -0.1) is 10.2 Å². The van der Waals surface area contributed by atoms with E-state index in [9.17, 15) is 13.0 Å². The maximum Gasteiger partial charge on any atom is 0.147 e. The molecule has 140 valence electrons. The second-order valence-corrected chi connectivity index (χ2v) is 7.41. The lowest BCUT2D eigenvalue weighted by atomic mass is 10.1. The van der Waals surface area contributed by atoms with E-state index in [1.165, 1.54) is 19.2 Å². The Morgan fingerprint density at radius 3 is 2.19 bits per heavy atom. The molecule has 0 atom stereocenters. The SMILES string of the molecule is COc1cc(S(=O)(=O)[O-])ccc1N=Nc1ccc(N(C)C)c2ccccc12. The monoisotopic (exact) mass is 384 g/mol. The van der Waals surface area contributed by atoms with Crippen LogP contribution in [0.5, 0.6) is 5.75 Å². The third kappa shape index (κ3) is 3.91. The highest BCUT2D eigenvalue weighted by molar-refractivity contribution is 7.85. The standard InChI is InChI=1S/C19H19N3O4S/c1-22(2)18-11-10-16(14-6-4-5-7-15(14)18)20-21-17-9-8-13(27(23,24)25)12-19(17)26-3/h4-12H,1-3H3,(H,23,24,25)/p-1. The minimum atomic E-state index is -4.57. The third-order valence-electron chi connectivity index (χ3n) is 4.07. The Bertz CT molecular complexity index is 1130. The zero-order valence-corrected chi connectivity index (χ0v) is 15.9. The molecule has 0 aliphatic carbocycles. The van der Waals surface area contributed by atoms with E-state index in [1.54, 1.807) is 0 Å². The number of hydrogen-bond acceptors (Lipinski definition) is 7. The predicted octanol–water partition coefficient (Wildman–Crippen LogP) is 4.23. The van der Waals surface area contributed by atoms with E-state index in [-0.39, 0.29) is 10.6 Å². The topological polar surface area (TPSA) is 94.4 Å². The summed E-state index contributed by atoms with van der Waals surface area (Å²) >= 11 is 0.